The number of ether oxygens (including phenoxy) is 1. The molecule has 2 nitrogen and oxygen atoms in total. The van der Waals surface area contributed by atoms with Crippen molar-refractivity contribution in [2.45, 2.75) is 51.0 Å². The maximum absolute atomic E-state index is 5.22. The van der Waals surface area contributed by atoms with Gasteiger partial charge in [-0.2, -0.15) is 0 Å². The van der Waals surface area contributed by atoms with Crippen LogP contribution in [0.25, 0.3) is 0 Å². The molecule has 0 amide bonds. The Hall–Kier alpha value is -1.02. The Labute approximate surface area is 122 Å². The molecule has 0 radical (unpaired) electrons. The van der Waals surface area contributed by atoms with Crippen LogP contribution in [0.4, 0.5) is 0 Å². The SMILES string of the molecule is COc1ccc(CCC2CCCC2CNC2CC2)cc1. The minimum atomic E-state index is 0.859. The zero-order chi connectivity index (χ0) is 13.8. The molecule has 0 heterocycles. The Morgan fingerprint density at radius 2 is 1.80 bits per heavy atom. The van der Waals surface area contributed by atoms with Gasteiger partial charge in [0.25, 0.3) is 0 Å². The molecule has 0 aromatic heterocycles. The van der Waals surface area contributed by atoms with Crippen LogP contribution in [0.3, 0.4) is 0 Å². The van der Waals surface area contributed by atoms with Crippen LogP contribution in [0.2, 0.25) is 0 Å². The number of rotatable bonds is 7. The molecule has 2 heteroatoms. The van der Waals surface area contributed by atoms with Crippen molar-refractivity contribution in [2.24, 2.45) is 11.8 Å². The van der Waals surface area contributed by atoms with Crippen LogP contribution < -0.4 is 10.1 Å². The van der Waals surface area contributed by atoms with Crippen molar-refractivity contribution >= 4 is 0 Å². The Morgan fingerprint density at radius 1 is 1.05 bits per heavy atom. The molecule has 2 fully saturated rings. The molecule has 0 saturated heterocycles. The molecule has 2 aliphatic carbocycles. The van der Waals surface area contributed by atoms with Crippen molar-refractivity contribution in [3.63, 3.8) is 0 Å². The fourth-order valence-electron chi connectivity index (χ4n) is 3.51. The van der Waals surface area contributed by atoms with Crippen molar-refractivity contribution in [3.8, 4) is 5.75 Å². The summed E-state index contributed by atoms with van der Waals surface area (Å²) in [5, 5.41) is 3.73. The third-order valence-electron chi connectivity index (χ3n) is 5.03. The smallest absolute Gasteiger partial charge is 0.118 e. The van der Waals surface area contributed by atoms with Crippen LogP contribution >= 0.6 is 0 Å². The van der Waals surface area contributed by atoms with Crippen molar-refractivity contribution in [3.05, 3.63) is 29.8 Å². The van der Waals surface area contributed by atoms with E-state index in [2.05, 4.69) is 29.6 Å². The van der Waals surface area contributed by atoms with Gasteiger partial charge in [-0.25, -0.2) is 0 Å². The van der Waals surface area contributed by atoms with Crippen LogP contribution in [0.5, 0.6) is 5.75 Å². The van der Waals surface area contributed by atoms with E-state index in [4.69, 9.17) is 4.74 Å². The highest BCUT2D eigenvalue weighted by Gasteiger charge is 2.29. The zero-order valence-electron chi connectivity index (χ0n) is 12.6. The number of nitrogens with one attached hydrogen (secondary N) is 1. The Morgan fingerprint density at radius 3 is 2.50 bits per heavy atom. The lowest BCUT2D eigenvalue weighted by Crippen LogP contribution is -2.27. The van der Waals surface area contributed by atoms with Gasteiger partial charge in [0, 0.05) is 6.04 Å². The van der Waals surface area contributed by atoms with Gasteiger partial charge >= 0.3 is 0 Å². The van der Waals surface area contributed by atoms with E-state index < -0.39 is 0 Å². The van der Waals surface area contributed by atoms with Crippen molar-refractivity contribution in [1.82, 2.24) is 5.32 Å². The summed E-state index contributed by atoms with van der Waals surface area (Å²) >= 11 is 0. The van der Waals surface area contributed by atoms with E-state index in [1.54, 1.807) is 7.11 Å². The Kier molecular flexibility index (Phi) is 4.62. The molecule has 2 aliphatic rings. The third-order valence-corrected chi connectivity index (χ3v) is 5.03. The van der Waals surface area contributed by atoms with Gasteiger partial charge in [-0.15, -0.1) is 0 Å². The Bertz CT molecular complexity index is 410. The fraction of sp³-hybridized carbons (Fsp3) is 0.667. The van der Waals surface area contributed by atoms with Crippen molar-refractivity contribution < 1.29 is 4.74 Å². The molecule has 2 atom stereocenters. The van der Waals surface area contributed by atoms with Gasteiger partial charge in [0.2, 0.25) is 0 Å². The van der Waals surface area contributed by atoms with E-state index >= 15 is 0 Å². The third kappa shape index (κ3) is 3.76. The summed E-state index contributed by atoms with van der Waals surface area (Å²) in [7, 11) is 1.73. The lowest BCUT2D eigenvalue weighted by molar-refractivity contribution is 0.346. The number of hydrogen-bond acceptors (Lipinski definition) is 2. The average molecular weight is 273 g/mol. The van der Waals surface area contributed by atoms with Gasteiger partial charge in [0.05, 0.1) is 7.11 Å². The molecule has 0 aliphatic heterocycles. The fourth-order valence-corrected chi connectivity index (χ4v) is 3.51. The minimum absolute atomic E-state index is 0.859. The maximum Gasteiger partial charge on any atom is 0.118 e. The topological polar surface area (TPSA) is 21.3 Å². The van der Waals surface area contributed by atoms with Gasteiger partial charge in [-0.1, -0.05) is 25.0 Å². The largest absolute Gasteiger partial charge is 0.497 e. The van der Waals surface area contributed by atoms with Crippen LogP contribution in [0.15, 0.2) is 24.3 Å². The average Bonchev–Trinajstić information content (AvgIpc) is 3.22. The van der Waals surface area contributed by atoms with E-state index in [-0.39, 0.29) is 0 Å². The summed E-state index contributed by atoms with van der Waals surface area (Å²) < 4.78 is 5.22. The van der Waals surface area contributed by atoms with Crippen LogP contribution in [-0.4, -0.2) is 19.7 Å². The predicted molar refractivity (Wildman–Crippen MR) is 83.2 cm³/mol. The summed E-state index contributed by atoms with van der Waals surface area (Å²) in [6, 6.07) is 9.45. The molecule has 1 aromatic rings. The standard InChI is InChI=1S/C18H27NO/c1-20-18-11-6-14(7-12-18)5-8-15-3-2-4-16(15)13-19-17-9-10-17/h6-7,11-12,15-17,19H,2-5,8-10,13H2,1H3. The zero-order valence-corrected chi connectivity index (χ0v) is 12.6. The predicted octanol–water partition coefficient (Wildman–Crippen LogP) is 3.80. The summed E-state index contributed by atoms with van der Waals surface area (Å²) in [6.07, 6.45) is 9.69. The van der Waals surface area contributed by atoms with Crippen LogP contribution in [0, 0.1) is 11.8 Å². The number of aryl methyl sites for hydroxylation is 1. The van der Waals surface area contributed by atoms with Crippen LogP contribution in [0.1, 0.15) is 44.1 Å². The lowest BCUT2D eigenvalue weighted by Gasteiger charge is -2.20. The second-order valence-corrected chi connectivity index (χ2v) is 6.52. The van der Waals surface area contributed by atoms with Crippen LogP contribution in [-0.2, 0) is 6.42 Å². The number of hydrogen-bond donors (Lipinski definition) is 1. The first kappa shape index (κ1) is 13.9. The summed E-state index contributed by atoms with van der Waals surface area (Å²) in [6.45, 7) is 1.26. The number of benzene rings is 1. The molecular formula is C18H27NO. The molecule has 20 heavy (non-hydrogen) atoms. The molecule has 0 bridgehead atoms. The summed E-state index contributed by atoms with van der Waals surface area (Å²) in [5.74, 6) is 2.82. The van der Waals surface area contributed by atoms with E-state index in [0.717, 1.165) is 23.6 Å². The van der Waals surface area contributed by atoms with E-state index in [1.165, 1.54) is 57.1 Å². The van der Waals surface area contributed by atoms with E-state index in [1.807, 2.05) is 0 Å². The molecule has 1 aromatic carbocycles. The molecule has 0 spiro atoms. The second kappa shape index (κ2) is 6.62. The van der Waals surface area contributed by atoms with Gasteiger partial charge in [0.15, 0.2) is 0 Å². The minimum Gasteiger partial charge on any atom is -0.497 e. The summed E-state index contributed by atoms with van der Waals surface area (Å²) in [4.78, 5) is 0. The highest BCUT2D eigenvalue weighted by Crippen LogP contribution is 2.35. The first-order chi connectivity index (χ1) is 9.85. The monoisotopic (exact) mass is 273 g/mol. The molecule has 1 N–H and O–H groups in total. The molecule has 2 unspecified atom stereocenters. The highest BCUT2D eigenvalue weighted by atomic mass is 16.5. The quantitative estimate of drug-likeness (QED) is 0.816. The maximum atomic E-state index is 5.22. The first-order valence-electron chi connectivity index (χ1n) is 8.21. The normalized spacial score (nSPS) is 25.9. The van der Waals surface area contributed by atoms with E-state index in [0.29, 0.717) is 0 Å². The summed E-state index contributed by atoms with van der Waals surface area (Å²) in [5.41, 5.74) is 1.45. The first-order valence-corrected chi connectivity index (χ1v) is 8.21. The van der Waals surface area contributed by atoms with Gasteiger partial charge in [-0.05, 0) is 68.2 Å². The molecule has 110 valence electrons. The van der Waals surface area contributed by atoms with E-state index in [9.17, 15) is 0 Å². The Balaban J connectivity index is 1.45. The highest BCUT2D eigenvalue weighted by molar-refractivity contribution is 5.27. The van der Waals surface area contributed by atoms with Gasteiger partial charge in [-0.3, -0.25) is 0 Å². The van der Waals surface area contributed by atoms with Gasteiger partial charge < -0.3 is 10.1 Å². The van der Waals surface area contributed by atoms with Crippen molar-refractivity contribution in [1.29, 1.82) is 0 Å². The van der Waals surface area contributed by atoms with Crippen molar-refractivity contribution in [2.75, 3.05) is 13.7 Å². The van der Waals surface area contributed by atoms with Gasteiger partial charge in [0.1, 0.15) is 5.75 Å². The second-order valence-electron chi connectivity index (χ2n) is 6.52. The number of methoxy groups -OCH3 is 1. The molecule has 2 saturated carbocycles. The molecule has 3 rings (SSSR count). The molecular weight excluding hydrogens is 246 g/mol. The lowest BCUT2D eigenvalue weighted by atomic mass is 9.90.